The highest BCUT2D eigenvalue weighted by atomic mass is 16.5. The van der Waals surface area contributed by atoms with Crippen LogP contribution in [-0.2, 0) is 0 Å². The standard InChI is InChI=1S/C16H27N3O/c1-11(2)10-20-16-14(17)5-6-15(18-16)19-8-7-13(9-19)12(3)4/h5-6,11-13H,7-10,17H2,1-4H3. The van der Waals surface area contributed by atoms with E-state index in [2.05, 4.69) is 37.6 Å². The Hall–Kier alpha value is -1.45. The number of aromatic nitrogens is 1. The first-order chi connectivity index (χ1) is 9.47. The first-order valence-electron chi connectivity index (χ1n) is 7.61. The van der Waals surface area contributed by atoms with Crippen molar-refractivity contribution in [3.63, 3.8) is 0 Å². The molecule has 0 bridgehead atoms. The summed E-state index contributed by atoms with van der Waals surface area (Å²) in [5.41, 5.74) is 6.56. The predicted octanol–water partition coefficient (Wildman–Crippen LogP) is 3.18. The third-order valence-corrected chi connectivity index (χ3v) is 3.92. The molecule has 0 amide bonds. The summed E-state index contributed by atoms with van der Waals surface area (Å²) in [4.78, 5) is 6.94. The Bertz CT molecular complexity index is 445. The Morgan fingerprint density at radius 2 is 2.10 bits per heavy atom. The van der Waals surface area contributed by atoms with Crippen LogP contribution in [0.25, 0.3) is 0 Å². The zero-order chi connectivity index (χ0) is 14.7. The second-order valence-electron chi connectivity index (χ2n) is 6.51. The lowest BCUT2D eigenvalue weighted by molar-refractivity contribution is 0.263. The van der Waals surface area contributed by atoms with E-state index in [9.17, 15) is 0 Å². The molecule has 1 atom stereocenters. The van der Waals surface area contributed by atoms with Crippen LogP contribution >= 0.6 is 0 Å². The van der Waals surface area contributed by atoms with E-state index in [0.717, 1.165) is 30.7 Å². The Balaban J connectivity index is 2.07. The molecular weight excluding hydrogens is 250 g/mol. The van der Waals surface area contributed by atoms with Gasteiger partial charge in [0, 0.05) is 13.1 Å². The van der Waals surface area contributed by atoms with E-state index in [1.165, 1.54) is 6.42 Å². The average molecular weight is 277 g/mol. The molecule has 1 aliphatic heterocycles. The molecular formula is C16H27N3O. The summed E-state index contributed by atoms with van der Waals surface area (Å²) in [6, 6.07) is 3.90. The van der Waals surface area contributed by atoms with Gasteiger partial charge in [-0.25, -0.2) is 0 Å². The maximum absolute atomic E-state index is 5.94. The van der Waals surface area contributed by atoms with Crippen LogP contribution in [0.5, 0.6) is 5.88 Å². The SMILES string of the molecule is CC(C)COc1nc(N2CCC(C(C)C)C2)ccc1N. The molecule has 20 heavy (non-hydrogen) atoms. The maximum atomic E-state index is 5.94. The van der Waals surface area contributed by atoms with E-state index in [1.807, 2.05) is 12.1 Å². The van der Waals surface area contributed by atoms with Crippen molar-refractivity contribution in [2.45, 2.75) is 34.1 Å². The van der Waals surface area contributed by atoms with Crippen LogP contribution in [0.1, 0.15) is 34.1 Å². The van der Waals surface area contributed by atoms with Crippen molar-refractivity contribution in [1.82, 2.24) is 4.98 Å². The van der Waals surface area contributed by atoms with Gasteiger partial charge >= 0.3 is 0 Å². The number of hydrogen-bond acceptors (Lipinski definition) is 4. The summed E-state index contributed by atoms with van der Waals surface area (Å²) >= 11 is 0. The van der Waals surface area contributed by atoms with E-state index >= 15 is 0 Å². The highest BCUT2D eigenvalue weighted by molar-refractivity contribution is 5.55. The molecule has 0 aliphatic carbocycles. The smallest absolute Gasteiger partial charge is 0.239 e. The molecule has 0 radical (unpaired) electrons. The lowest BCUT2D eigenvalue weighted by Crippen LogP contribution is -2.22. The summed E-state index contributed by atoms with van der Waals surface area (Å²) in [7, 11) is 0. The molecule has 0 saturated carbocycles. The largest absolute Gasteiger partial charge is 0.476 e. The first-order valence-corrected chi connectivity index (χ1v) is 7.61. The quantitative estimate of drug-likeness (QED) is 0.898. The molecule has 112 valence electrons. The van der Waals surface area contributed by atoms with Crippen molar-refractivity contribution >= 4 is 11.5 Å². The van der Waals surface area contributed by atoms with Gasteiger partial charge in [-0.2, -0.15) is 4.98 Å². The Labute approximate surface area is 122 Å². The molecule has 1 aliphatic rings. The molecule has 4 nitrogen and oxygen atoms in total. The van der Waals surface area contributed by atoms with Crippen molar-refractivity contribution < 1.29 is 4.74 Å². The van der Waals surface area contributed by atoms with E-state index in [-0.39, 0.29) is 0 Å². The van der Waals surface area contributed by atoms with E-state index in [0.29, 0.717) is 24.1 Å². The van der Waals surface area contributed by atoms with E-state index < -0.39 is 0 Å². The summed E-state index contributed by atoms with van der Waals surface area (Å²) in [5.74, 6) is 3.52. The molecule has 1 unspecified atom stereocenters. The highest BCUT2D eigenvalue weighted by Gasteiger charge is 2.26. The number of ether oxygens (including phenoxy) is 1. The second-order valence-corrected chi connectivity index (χ2v) is 6.51. The number of hydrogen-bond donors (Lipinski definition) is 1. The Kier molecular flexibility index (Phi) is 4.73. The van der Waals surface area contributed by atoms with Crippen molar-refractivity contribution in [3.8, 4) is 5.88 Å². The van der Waals surface area contributed by atoms with Crippen molar-refractivity contribution in [3.05, 3.63) is 12.1 Å². The molecule has 2 rings (SSSR count). The van der Waals surface area contributed by atoms with Gasteiger partial charge in [0.15, 0.2) is 0 Å². The molecule has 1 aromatic heterocycles. The third-order valence-electron chi connectivity index (χ3n) is 3.92. The van der Waals surface area contributed by atoms with Crippen LogP contribution in [0, 0.1) is 17.8 Å². The van der Waals surface area contributed by atoms with Crippen LogP contribution in [0.15, 0.2) is 12.1 Å². The van der Waals surface area contributed by atoms with Gasteiger partial charge in [0.05, 0.1) is 12.3 Å². The summed E-state index contributed by atoms with van der Waals surface area (Å²) in [6.07, 6.45) is 1.24. The molecule has 1 saturated heterocycles. The highest BCUT2D eigenvalue weighted by Crippen LogP contribution is 2.30. The average Bonchev–Trinajstić information content (AvgIpc) is 2.87. The van der Waals surface area contributed by atoms with Gasteiger partial charge in [0.1, 0.15) is 5.82 Å². The normalized spacial score (nSPS) is 19.1. The lowest BCUT2D eigenvalue weighted by atomic mass is 9.95. The number of nitrogens with two attached hydrogens (primary N) is 1. The molecule has 0 spiro atoms. The van der Waals surface area contributed by atoms with Crippen LogP contribution in [0.3, 0.4) is 0 Å². The van der Waals surface area contributed by atoms with Crippen molar-refractivity contribution in [2.75, 3.05) is 30.3 Å². The van der Waals surface area contributed by atoms with Gasteiger partial charge in [-0.05, 0) is 36.3 Å². The monoisotopic (exact) mass is 277 g/mol. The maximum Gasteiger partial charge on any atom is 0.239 e. The van der Waals surface area contributed by atoms with Gasteiger partial charge in [-0.1, -0.05) is 27.7 Å². The van der Waals surface area contributed by atoms with Gasteiger partial charge in [0.2, 0.25) is 5.88 Å². The van der Waals surface area contributed by atoms with Crippen LogP contribution in [-0.4, -0.2) is 24.7 Å². The van der Waals surface area contributed by atoms with Crippen LogP contribution < -0.4 is 15.4 Å². The van der Waals surface area contributed by atoms with Crippen LogP contribution in [0.4, 0.5) is 11.5 Å². The third kappa shape index (κ3) is 3.56. The topological polar surface area (TPSA) is 51.4 Å². The number of nitrogen functional groups attached to an aromatic ring is 1. The predicted molar refractivity (Wildman–Crippen MR) is 84.1 cm³/mol. The van der Waals surface area contributed by atoms with Gasteiger partial charge in [-0.15, -0.1) is 0 Å². The molecule has 1 aromatic rings. The Morgan fingerprint density at radius 3 is 2.70 bits per heavy atom. The molecule has 2 N–H and O–H groups in total. The van der Waals surface area contributed by atoms with E-state index in [1.54, 1.807) is 0 Å². The minimum atomic E-state index is 0.469. The minimum Gasteiger partial charge on any atom is -0.476 e. The van der Waals surface area contributed by atoms with Crippen LogP contribution in [0.2, 0.25) is 0 Å². The van der Waals surface area contributed by atoms with Crippen molar-refractivity contribution in [2.24, 2.45) is 17.8 Å². The fourth-order valence-electron chi connectivity index (χ4n) is 2.52. The van der Waals surface area contributed by atoms with E-state index in [4.69, 9.17) is 10.5 Å². The molecule has 4 heteroatoms. The number of pyridine rings is 1. The molecule has 2 heterocycles. The first kappa shape index (κ1) is 14.9. The number of anilines is 2. The summed E-state index contributed by atoms with van der Waals surface area (Å²) in [6.45, 7) is 11.6. The number of nitrogens with zero attached hydrogens (tertiary/aromatic N) is 2. The van der Waals surface area contributed by atoms with Crippen molar-refractivity contribution in [1.29, 1.82) is 0 Å². The lowest BCUT2D eigenvalue weighted by Gasteiger charge is -2.20. The molecule has 0 aromatic carbocycles. The molecule has 1 fully saturated rings. The minimum absolute atomic E-state index is 0.469. The van der Waals surface area contributed by atoms with Gasteiger partial charge in [0.25, 0.3) is 0 Å². The fraction of sp³-hybridized carbons (Fsp3) is 0.688. The summed E-state index contributed by atoms with van der Waals surface area (Å²) in [5, 5.41) is 0. The van der Waals surface area contributed by atoms with Gasteiger partial charge in [-0.3, -0.25) is 0 Å². The fourth-order valence-corrected chi connectivity index (χ4v) is 2.52. The number of rotatable bonds is 5. The summed E-state index contributed by atoms with van der Waals surface area (Å²) < 4.78 is 5.71. The van der Waals surface area contributed by atoms with Gasteiger partial charge < -0.3 is 15.4 Å². The second kappa shape index (κ2) is 6.33. The zero-order valence-electron chi connectivity index (χ0n) is 13.1. The Morgan fingerprint density at radius 1 is 1.35 bits per heavy atom. The zero-order valence-corrected chi connectivity index (χ0v) is 13.1.